The second kappa shape index (κ2) is 7.68. The molecule has 1 aromatic rings. The summed E-state index contributed by atoms with van der Waals surface area (Å²) in [5.41, 5.74) is 0.898. The number of aryl methyl sites for hydroxylation is 1. The Morgan fingerprint density at radius 1 is 1.24 bits per heavy atom. The van der Waals surface area contributed by atoms with Gasteiger partial charge in [0.25, 0.3) is 5.91 Å². The zero-order valence-electron chi connectivity index (χ0n) is 15.4. The first-order chi connectivity index (χ1) is 11.7. The number of carbonyl (C=O) groups is 3. The van der Waals surface area contributed by atoms with Gasteiger partial charge in [0.05, 0.1) is 0 Å². The van der Waals surface area contributed by atoms with Crippen molar-refractivity contribution < 1.29 is 14.4 Å². The van der Waals surface area contributed by atoms with Gasteiger partial charge in [0.2, 0.25) is 5.91 Å². The Hall–Kier alpha value is -2.37. The highest BCUT2D eigenvalue weighted by Crippen LogP contribution is 2.24. The van der Waals surface area contributed by atoms with Crippen LogP contribution in [0.1, 0.15) is 46.1 Å². The van der Waals surface area contributed by atoms with Gasteiger partial charge < -0.3 is 10.6 Å². The van der Waals surface area contributed by atoms with Crippen LogP contribution in [0.15, 0.2) is 24.3 Å². The van der Waals surface area contributed by atoms with Crippen molar-refractivity contribution >= 4 is 23.5 Å². The van der Waals surface area contributed by atoms with Crippen molar-refractivity contribution in [1.82, 2.24) is 10.2 Å². The highest BCUT2D eigenvalue weighted by Gasteiger charge is 2.47. The minimum Gasteiger partial charge on any atom is -0.325 e. The molecule has 1 aliphatic heterocycles. The average molecular weight is 345 g/mol. The summed E-state index contributed by atoms with van der Waals surface area (Å²) >= 11 is 0. The zero-order valence-corrected chi connectivity index (χ0v) is 15.4. The lowest BCUT2D eigenvalue weighted by Gasteiger charge is -2.22. The largest absolute Gasteiger partial charge is 0.325 e. The standard InChI is InChI=1S/C19H27N3O3/c1-5-14-6-8-15(9-7-14)20-16(23)12-22-17(24)19(4,21-18(22)25)11-10-13(2)3/h6-9,13H,5,10-12H2,1-4H3,(H,20,23)(H,21,25)/t19-/m0/s1. The van der Waals surface area contributed by atoms with Gasteiger partial charge in [0, 0.05) is 5.69 Å². The summed E-state index contributed by atoms with van der Waals surface area (Å²) in [7, 11) is 0. The van der Waals surface area contributed by atoms with Crippen molar-refractivity contribution in [3.63, 3.8) is 0 Å². The molecule has 0 radical (unpaired) electrons. The van der Waals surface area contributed by atoms with E-state index in [-0.39, 0.29) is 18.4 Å². The first kappa shape index (κ1) is 19.0. The first-order valence-corrected chi connectivity index (χ1v) is 8.78. The highest BCUT2D eigenvalue weighted by atomic mass is 16.2. The molecule has 0 spiro atoms. The molecule has 2 rings (SSSR count). The molecule has 0 aliphatic carbocycles. The van der Waals surface area contributed by atoms with Crippen molar-refractivity contribution in [3.8, 4) is 0 Å². The van der Waals surface area contributed by atoms with E-state index in [1.54, 1.807) is 6.92 Å². The summed E-state index contributed by atoms with van der Waals surface area (Å²) in [4.78, 5) is 37.9. The number of benzene rings is 1. The molecule has 0 aromatic heterocycles. The van der Waals surface area contributed by atoms with Crippen molar-refractivity contribution in [1.29, 1.82) is 0 Å². The molecule has 1 aliphatic rings. The number of carbonyl (C=O) groups excluding carboxylic acids is 3. The molecule has 136 valence electrons. The fraction of sp³-hybridized carbons (Fsp3) is 0.526. The number of rotatable bonds is 7. The van der Waals surface area contributed by atoms with E-state index < -0.39 is 11.6 Å². The normalized spacial score (nSPS) is 20.1. The van der Waals surface area contributed by atoms with Gasteiger partial charge in [-0.2, -0.15) is 0 Å². The van der Waals surface area contributed by atoms with Crippen molar-refractivity contribution in [2.75, 3.05) is 11.9 Å². The molecule has 25 heavy (non-hydrogen) atoms. The number of nitrogens with zero attached hydrogens (tertiary/aromatic N) is 1. The zero-order chi connectivity index (χ0) is 18.6. The Morgan fingerprint density at radius 2 is 1.88 bits per heavy atom. The topological polar surface area (TPSA) is 78.5 Å². The third-order valence-corrected chi connectivity index (χ3v) is 4.51. The molecule has 1 saturated heterocycles. The number of amides is 4. The number of hydrogen-bond donors (Lipinski definition) is 2. The molecule has 2 N–H and O–H groups in total. The van der Waals surface area contributed by atoms with Gasteiger partial charge in [0.1, 0.15) is 12.1 Å². The van der Waals surface area contributed by atoms with E-state index >= 15 is 0 Å². The minimum absolute atomic E-state index is 0.280. The summed E-state index contributed by atoms with van der Waals surface area (Å²) in [6.07, 6.45) is 2.31. The van der Waals surface area contributed by atoms with E-state index in [1.165, 1.54) is 5.56 Å². The fourth-order valence-electron chi connectivity index (χ4n) is 2.81. The molecule has 4 amide bonds. The average Bonchev–Trinajstić information content (AvgIpc) is 2.77. The lowest BCUT2D eigenvalue weighted by atomic mass is 9.92. The first-order valence-electron chi connectivity index (χ1n) is 8.78. The van der Waals surface area contributed by atoms with Crippen LogP contribution in [0.5, 0.6) is 0 Å². The number of hydrogen-bond acceptors (Lipinski definition) is 3. The summed E-state index contributed by atoms with van der Waals surface area (Å²) in [5, 5.41) is 5.45. The molecular weight excluding hydrogens is 318 g/mol. The number of anilines is 1. The number of nitrogens with one attached hydrogen (secondary N) is 2. The Morgan fingerprint density at radius 3 is 2.44 bits per heavy atom. The van der Waals surface area contributed by atoms with E-state index in [9.17, 15) is 14.4 Å². The van der Waals surface area contributed by atoms with Crippen LogP contribution in [-0.2, 0) is 16.0 Å². The van der Waals surface area contributed by atoms with Crippen LogP contribution < -0.4 is 10.6 Å². The summed E-state index contributed by atoms with van der Waals surface area (Å²) in [6, 6.07) is 7.00. The molecule has 6 nitrogen and oxygen atoms in total. The maximum absolute atomic E-state index is 12.6. The van der Waals surface area contributed by atoms with E-state index in [0.717, 1.165) is 17.7 Å². The fourth-order valence-corrected chi connectivity index (χ4v) is 2.81. The SMILES string of the molecule is CCc1ccc(NC(=O)CN2C(=O)N[C@@](C)(CCC(C)C)C2=O)cc1. The lowest BCUT2D eigenvalue weighted by Crippen LogP contribution is -2.44. The predicted molar refractivity (Wildman–Crippen MR) is 97.2 cm³/mol. The van der Waals surface area contributed by atoms with Crippen LogP contribution in [-0.4, -0.2) is 34.8 Å². The maximum atomic E-state index is 12.6. The molecule has 0 bridgehead atoms. The van der Waals surface area contributed by atoms with Crippen LogP contribution >= 0.6 is 0 Å². The van der Waals surface area contributed by atoms with Gasteiger partial charge in [-0.25, -0.2) is 4.79 Å². The van der Waals surface area contributed by atoms with Crippen LogP contribution in [0.3, 0.4) is 0 Å². The van der Waals surface area contributed by atoms with E-state index in [4.69, 9.17) is 0 Å². The number of imide groups is 1. The minimum atomic E-state index is -0.926. The second-order valence-corrected chi connectivity index (χ2v) is 7.18. The molecule has 0 saturated carbocycles. The molecule has 0 unspecified atom stereocenters. The maximum Gasteiger partial charge on any atom is 0.325 e. The van der Waals surface area contributed by atoms with Crippen molar-refractivity contribution in [2.45, 2.75) is 52.5 Å². The van der Waals surface area contributed by atoms with Crippen LogP contribution in [0.25, 0.3) is 0 Å². The third-order valence-electron chi connectivity index (χ3n) is 4.51. The Labute approximate surface area is 149 Å². The second-order valence-electron chi connectivity index (χ2n) is 7.18. The summed E-state index contributed by atoms with van der Waals surface area (Å²) in [6.45, 7) is 7.63. The van der Waals surface area contributed by atoms with Gasteiger partial charge in [0.15, 0.2) is 0 Å². The monoisotopic (exact) mass is 345 g/mol. The quantitative estimate of drug-likeness (QED) is 0.746. The van der Waals surface area contributed by atoms with Crippen molar-refractivity contribution in [3.05, 3.63) is 29.8 Å². The Bertz CT molecular complexity index is 654. The predicted octanol–water partition coefficient (Wildman–Crippen LogP) is 2.93. The molecule has 1 heterocycles. The van der Waals surface area contributed by atoms with Crippen LogP contribution in [0.4, 0.5) is 10.5 Å². The van der Waals surface area contributed by atoms with Crippen molar-refractivity contribution in [2.24, 2.45) is 5.92 Å². The highest BCUT2D eigenvalue weighted by molar-refractivity contribution is 6.09. The lowest BCUT2D eigenvalue weighted by molar-refractivity contribution is -0.133. The Kier molecular flexibility index (Phi) is 5.82. The van der Waals surface area contributed by atoms with Gasteiger partial charge >= 0.3 is 6.03 Å². The molecule has 1 fully saturated rings. The Balaban J connectivity index is 1.97. The van der Waals surface area contributed by atoms with E-state index in [0.29, 0.717) is 18.0 Å². The molecule has 1 aromatic carbocycles. The third kappa shape index (κ3) is 4.59. The molecule has 1 atom stereocenters. The van der Waals surface area contributed by atoms with Gasteiger partial charge in [-0.05, 0) is 49.8 Å². The van der Waals surface area contributed by atoms with Gasteiger partial charge in [-0.3, -0.25) is 14.5 Å². The van der Waals surface area contributed by atoms with Gasteiger partial charge in [-0.1, -0.05) is 32.9 Å². The van der Waals surface area contributed by atoms with Crippen LogP contribution in [0.2, 0.25) is 0 Å². The summed E-state index contributed by atoms with van der Waals surface area (Å²) < 4.78 is 0. The van der Waals surface area contributed by atoms with Gasteiger partial charge in [-0.15, -0.1) is 0 Å². The van der Waals surface area contributed by atoms with E-state index in [2.05, 4.69) is 31.4 Å². The number of urea groups is 1. The summed E-state index contributed by atoms with van der Waals surface area (Å²) in [5.74, 6) is -0.291. The van der Waals surface area contributed by atoms with E-state index in [1.807, 2.05) is 24.3 Å². The molecule has 6 heteroatoms. The van der Waals surface area contributed by atoms with Crippen LogP contribution in [0, 0.1) is 5.92 Å². The smallest absolute Gasteiger partial charge is 0.325 e. The molecular formula is C19H27N3O3.